The fraction of sp³-hybridized carbons (Fsp3) is 0.357. The minimum Gasteiger partial charge on any atom is -0.497 e. The molecule has 5 heteroatoms. The molecule has 2 rings (SSSR count). The lowest BCUT2D eigenvalue weighted by atomic mass is 10.2. The summed E-state index contributed by atoms with van der Waals surface area (Å²) in [6.07, 6.45) is 0. The van der Waals surface area contributed by atoms with Crippen LogP contribution in [0, 0.1) is 6.92 Å². The second-order valence-electron chi connectivity index (χ2n) is 4.16. The van der Waals surface area contributed by atoms with E-state index in [1.807, 2.05) is 25.1 Å². The average Bonchev–Trinajstić information content (AvgIpc) is 2.84. The summed E-state index contributed by atoms with van der Waals surface area (Å²) in [6.45, 7) is 3.52. The van der Waals surface area contributed by atoms with Crippen molar-refractivity contribution in [3.05, 3.63) is 39.8 Å². The largest absolute Gasteiger partial charge is 0.497 e. The molecule has 19 heavy (non-hydrogen) atoms. The number of nitrogens with one attached hydrogen (secondary N) is 1. The molecule has 1 aromatic carbocycles. The molecule has 0 saturated carbocycles. The number of ether oxygens (including phenoxy) is 2. The third-order valence-corrected chi connectivity index (χ3v) is 3.72. The number of benzene rings is 1. The van der Waals surface area contributed by atoms with E-state index in [0.717, 1.165) is 40.9 Å². The molecule has 0 unspecified atom stereocenters. The molecule has 1 aromatic heterocycles. The molecule has 0 atom stereocenters. The second kappa shape index (κ2) is 6.54. The van der Waals surface area contributed by atoms with Gasteiger partial charge in [0.1, 0.15) is 16.5 Å². The van der Waals surface area contributed by atoms with Crippen molar-refractivity contribution in [2.75, 3.05) is 14.2 Å². The van der Waals surface area contributed by atoms with Crippen LogP contribution in [0.2, 0.25) is 0 Å². The Labute approximate surface area is 117 Å². The summed E-state index contributed by atoms with van der Waals surface area (Å²) < 4.78 is 10.5. The number of methoxy groups -OCH3 is 2. The molecule has 1 heterocycles. The highest BCUT2D eigenvalue weighted by Crippen LogP contribution is 2.24. The number of thiazole rings is 1. The molecule has 0 aliphatic heterocycles. The lowest BCUT2D eigenvalue weighted by Gasteiger charge is -2.10. The van der Waals surface area contributed by atoms with Gasteiger partial charge in [-0.05, 0) is 13.0 Å². The predicted octanol–water partition coefficient (Wildman–Crippen LogP) is 2.76. The SMILES string of the molecule is COc1ccc(CNCc2nc(C)cs2)c(OC)c1. The van der Waals surface area contributed by atoms with Crippen molar-refractivity contribution in [1.29, 1.82) is 0 Å². The van der Waals surface area contributed by atoms with Crippen molar-refractivity contribution in [3.8, 4) is 11.5 Å². The third kappa shape index (κ3) is 3.68. The highest BCUT2D eigenvalue weighted by Gasteiger charge is 2.05. The molecule has 0 radical (unpaired) electrons. The number of aryl methyl sites for hydroxylation is 1. The Morgan fingerprint density at radius 2 is 2.05 bits per heavy atom. The van der Waals surface area contributed by atoms with Crippen molar-refractivity contribution < 1.29 is 9.47 Å². The molecule has 0 aliphatic rings. The van der Waals surface area contributed by atoms with Crippen molar-refractivity contribution >= 4 is 11.3 Å². The molecule has 0 bridgehead atoms. The van der Waals surface area contributed by atoms with Gasteiger partial charge in [-0.15, -0.1) is 11.3 Å². The Kier molecular flexibility index (Phi) is 4.76. The van der Waals surface area contributed by atoms with Gasteiger partial charge in [-0.25, -0.2) is 4.98 Å². The van der Waals surface area contributed by atoms with Crippen LogP contribution in [0.4, 0.5) is 0 Å². The molecule has 1 N–H and O–H groups in total. The van der Waals surface area contributed by atoms with Gasteiger partial charge in [0.15, 0.2) is 0 Å². The van der Waals surface area contributed by atoms with Crippen molar-refractivity contribution in [3.63, 3.8) is 0 Å². The first-order chi connectivity index (χ1) is 9.22. The normalized spacial score (nSPS) is 10.5. The number of hydrogen-bond donors (Lipinski definition) is 1. The second-order valence-corrected chi connectivity index (χ2v) is 5.11. The van der Waals surface area contributed by atoms with E-state index in [1.54, 1.807) is 25.6 Å². The highest BCUT2D eigenvalue weighted by molar-refractivity contribution is 7.09. The maximum Gasteiger partial charge on any atom is 0.127 e. The molecule has 102 valence electrons. The fourth-order valence-corrected chi connectivity index (χ4v) is 2.53. The maximum absolute atomic E-state index is 5.36. The van der Waals surface area contributed by atoms with E-state index in [1.165, 1.54) is 0 Å². The van der Waals surface area contributed by atoms with E-state index in [-0.39, 0.29) is 0 Å². The fourth-order valence-electron chi connectivity index (χ4n) is 1.79. The quantitative estimate of drug-likeness (QED) is 0.882. The van der Waals surface area contributed by atoms with Gasteiger partial charge in [-0.2, -0.15) is 0 Å². The zero-order chi connectivity index (χ0) is 13.7. The Balaban J connectivity index is 1.95. The minimum atomic E-state index is 0.742. The first-order valence-corrected chi connectivity index (χ1v) is 6.93. The van der Waals surface area contributed by atoms with E-state index in [2.05, 4.69) is 15.7 Å². The summed E-state index contributed by atoms with van der Waals surface area (Å²) in [5.74, 6) is 1.64. The van der Waals surface area contributed by atoms with Crippen molar-refractivity contribution in [1.82, 2.24) is 10.3 Å². The smallest absolute Gasteiger partial charge is 0.127 e. The zero-order valence-electron chi connectivity index (χ0n) is 11.4. The van der Waals surface area contributed by atoms with Gasteiger partial charge in [-0.1, -0.05) is 6.07 Å². The van der Waals surface area contributed by atoms with Gasteiger partial charge in [0.05, 0.1) is 14.2 Å². The van der Waals surface area contributed by atoms with Crippen molar-refractivity contribution in [2.24, 2.45) is 0 Å². The van der Waals surface area contributed by atoms with Gasteiger partial charge < -0.3 is 14.8 Å². The van der Waals surface area contributed by atoms with Crippen LogP contribution in [-0.4, -0.2) is 19.2 Å². The monoisotopic (exact) mass is 278 g/mol. The van der Waals surface area contributed by atoms with E-state index < -0.39 is 0 Å². The molecule has 4 nitrogen and oxygen atoms in total. The number of hydrogen-bond acceptors (Lipinski definition) is 5. The topological polar surface area (TPSA) is 43.4 Å². The lowest BCUT2D eigenvalue weighted by Crippen LogP contribution is -2.13. The summed E-state index contributed by atoms with van der Waals surface area (Å²) in [6, 6.07) is 5.84. The van der Waals surface area contributed by atoms with Gasteiger partial charge in [0.25, 0.3) is 0 Å². The number of aromatic nitrogens is 1. The van der Waals surface area contributed by atoms with E-state index >= 15 is 0 Å². The number of nitrogens with zero attached hydrogens (tertiary/aromatic N) is 1. The predicted molar refractivity (Wildman–Crippen MR) is 76.9 cm³/mol. The first-order valence-electron chi connectivity index (χ1n) is 6.05. The Morgan fingerprint density at radius 1 is 1.21 bits per heavy atom. The van der Waals surface area contributed by atoms with Crippen LogP contribution in [0.15, 0.2) is 23.6 Å². The average molecular weight is 278 g/mol. The van der Waals surface area contributed by atoms with Crippen LogP contribution in [0.5, 0.6) is 11.5 Å². The van der Waals surface area contributed by atoms with Crippen molar-refractivity contribution in [2.45, 2.75) is 20.0 Å². The van der Waals surface area contributed by atoms with Gasteiger partial charge in [0.2, 0.25) is 0 Å². The van der Waals surface area contributed by atoms with Crippen LogP contribution in [-0.2, 0) is 13.1 Å². The van der Waals surface area contributed by atoms with Crippen LogP contribution in [0.25, 0.3) is 0 Å². The highest BCUT2D eigenvalue weighted by atomic mass is 32.1. The van der Waals surface area contributed by atoms with Gasteiger partial charge in [-0.3, -0.25) is 0 Å². The van der Waals surface area contributed by atoms with Crippen LogP contribution < -0.4 is 14.8 Å². The molecular weight excluding hydrogens is 260 g/mol. The lowest BCUT2D eigenvalue weighted by molar-refractivity contribution is 0.390. The van der Waals surface area contributed by atoms with Gasteiger partial charge >= 0.3 is 0 Å². The van der Waals surface area contributed by atoms with E-state index in [9.17, 15) is 0 Å². The summed E-state index contributed by atoms with van der Waals surface area (Å²) in [5, 5.41) is 6.53. The maximum atomic E-state index is 5.36. The minimum absolute atomic E-state index is 0.742. The zero-order valence-corrected chi connectivity index (χ0v) is 12.2. The first kappa shape index (κ1) is 13.8. The molecular formula is C14H18N2O2S. The Morgan fingerprint density at radius 3 is 2.68 bits per heavy atom. The molecule has 0 amide bonds. The molecule has 0 spiro atoms. The standard InChI is InChI=1S/C14H18N2O2S/c1-10-9-19-14(16-10)8-15-7-11-4-5-12(17-2)6-13(11)18-3/h4-6,9,15H,7-8H2,1-3H3. The molecule has 0 aliphatic carbocycles. The van der Waals surface area contributed by atoms with Crippen LogP contribution in [0.3, 0.4) is 0 Å². The Bertz CT molecular complexity index is 540. The molecule has 0 saturated heterocycles. The van der Waals surface area contributed by atoms with E-state index in [4.69, 9.17) is 9.47 Å². The van der Waals surface area contributed by atoms with Crippen LogP contribution in [0.1, 0.15) is 16.3 Å². The summed E-state index contributed by atoms with van der Waals surface area (Å²) in [7, 11) is 3.32. The summed E-state index contributed by atoms with van der Waals surface area (Å²) in [4.78, 5) is 4.42. The van der Waals surface area contributed by atoms with Gasteiger partial charge in [0, 0.05) is 35.8 Å². The molecule has 2 aromatic rings. The third-order valence-electron chi connectivity index (χ3n) is 2.75. The molecule has 0 fully saturated rings. The Hall–Kier alpha value is -1.59. The van der Waals surface area contributed by atoms with E-state index in [0.29, 0.717) is 0 Å². The summed E-state index contributed by atoms with van der Waals surface area (Å²) in [5.41, 5.74) is 2.18. The summed E-state index contributed by atoms with van der Waals surface area (Å²) >= 11 is 1.68. The number of rotatable bonds is 6. The van der Waals surface area contributed by atoms with Crippen LogP contribution >= 0.6 is 11.3 Å².